The number of amides is 1. The van der Waals surface area contributed by atoms with Crippen LogP contribution in [-0.2, 0) is 11.3 Å². The van der Waals surface area contributed by atoms with E-state index in [1.165, 1.54) is 36.0 Å². The zero-order valence-electron chi connectivity index (χ0n) is 12.7. The molecule has 8 heteroatoms. The Labute approximate surface area is 137 Å². The van der Waals surface area contributed by atoms with E-state index < -0.39 is 18.4 Å². The van der Waals surface area contributed by atoms with Gasteiger partial charge in [-0.3, -0.25) is 9.59 Å². The monoisotopic (exact) mass is 336 g/mol. The van der Waals surface area contributed by atoms with E-state index >= 15 is 0 Å². The van der Waals surface area contributed by atoms with E-state index in [-0.39, 0.29) is 12.2 Å². The molecule has 23 heavy (non-hydrogen) atoms. The molecule has 0 unspecified atom stereocenters. The molecule has 0 aliphatic rings. The predicted molar refractivity (Wildman–Crippen MR) is 84.0 cm³/mol. The summed E-state index contributed by atoms with van der Waals surface area (Å²) in [4.78, 5) is 28.6. The van der Waals surface area contributed by atoms with E-state index in [1.807, 2.05) is 0 Å². The number of benzene rings is 1. The number of nitrogens with zero attached hydrogens (tertiary/aromatic N) is 2. The van der Waals surface area contributed by atoms with Crippen LogP contribution in [-0.4, -0.2) is 47.6 Å². The first-order valence-corrected chi connectivity index (χ1v) is 7.59. The van der Waals surface area contributed by atoms with Gasteiger partial charge in [0.2, 0.25) is 0 Å². The maximum Gasteiger partial charge on any atom is 0.323 e. The molecule has 1 heterocycles. The minimum absolute atomic E-state index is 0.107. The fraction of sp³-hybridized carbons (Fsp3) is 0.267. The summed E-state index contributed by atoms with van der Waals surface area (Å²) < 4.78 is 10.4. The van der Waals surface area contributed by atoms with Gasteiger partial charge in [-0.05, 0) is 17.7 Å². The normalized spacial score (nSPS) is 10.2. The number of carbonyl (C=O) groups excluding carboxylic acids is 1. The topological polar surface area (TPSA) is 89.0 Å². The molecule has 0 radical (unpaired) electrons. The van der Waals surface area contributed by atoms with Crippen LogP contribution >= 0.6 is 11.3 Å². The number of ether oxygens (including phenoxy) is 2. The van der Waals surface area contributed by atoms with Crippen molar-refractivity contribution in [1.82, 2.24) is 9.88 Å². The molecule has 0 aliphatic carbocycles. The summed E-state index contributed by atoms with van der Waals surface area (Å²) in [5.74, 6) is -0.398. The molecule has 0 aliphatic heterocycles. The minimum atomic E-state index is -1.09. The highest BCUT2D eigenvalue weighted by atomic mass is 32.1. The average molecular weight is 336 g/mol. The van der Waals surface area contributed by atoms with Crippen molar-refractivity contribution in [3.63, 3.8) is 0 Å². The molecule has 0 spiro atoms. The molecular formula is C15H16N2O5S. The van der Waals surface area contributed by atoms with Crippen molar-refractivity contribution < 1.29 is 24.2 Å². The molecule has 1 amide bonds. The molecule has 122 valence electrons. The lowest BCUT2D eigenvalue weighted by molar-refractivity contribution is -0.137. The summed E-state index contributed by atoms with van der Waals surface area (Å²) in [7, 11) is 3.04. The second kappa shape index (κ2) is 7.59. The Morgan fingerprint density at radius 2 is 1.87 bits per heavy atom. The van der Waals surface area contributed by atoms with Gasteiger partial charge in [0, 0.05) is 18.0 Å². The maximum absolute atomic E-state index is 12.4. The van der Waals surface area contributed by atoms with Crippen LogP contribution in [0.5, 0.6) is 11.5 Å². The maximum atomic E-state index is 12.4. The minimum Gasteiger partial charge on any atom is -0.497 e. The van der Waals surface area contributed by atoms with Gasteiger partial charge < -0.3 is 19.5 Å². The molecule has 0 atom stereocenters. The van der Waals surface area contributed by atoms with Crippen LogP contribution in [0.2, 0.25) is 0 Å². The lowest BCUT2D eigenvalue weighted by atomic mass is 10.1. The SMILES string of the molecule is COc1cc(CN(CC(=O)O)C(=O)c2cscn2)cc(OC)c1. The average Bonchev–Trinajstić information content (AvgIpc) is 3.07. The van der Waals surface area contributed by atoms with Gasteiger partial charge in [-0.2, -0.15) is 0 Å². The van der Waals surface area contributed by atoms with Crippen molar-refractivity contribution in [1.29, 1.82) is 0 Å². The zero-order valence-corrected chi connectivity index (χ0v) is 13.5. The van der Waals surface area contributed by atoms with Crippen LogP contribution < -0.4 is 9.47 Å². The summed E-state index contributed by atoms with van der Waals surface area (Å²) in [5.41, 5.74) is 2.46. The number of methoxy groups -OCH3 is 2. The molecule has 0 fully saturated rings. The lowest BCUT2D eigenvalue weighted by Gasteiger charge is -2.20. The van der Waals surface area contributed by atoms with Crippen molar-refractivity contribution in [2.24, 2.45) is 0 Å². The van der Waals surface area contributed by atoms with Gasteiger partial charge in [0.15, 0.2) is 0 Å². The van der Waals surface area contributed by atoms with Gasteiger partial charge in [-0.25, -0.2) is 4.98 Å². The molecular weight excluding hydrogens is 320 g/mol. The molecule has 2 rings (SSSR count). The largest absolute Gasteiger partial charge is 0.497 e. The standard InChI is InChI=1S/C15H16N2O5S/c1-21-11-3-10(4-12(5-11)22-2)6-17(7-14(18)19)15(20)13-8-23-9-16-13/h3-5,8-9H,6-7H2,1-2H3,(H,18,19). The molecule has 2 aromatic rings. The highest BCUT2D eigenvalue weighted by Gasteiger charge is 2.21. The number of hydrogen-bond donors (Lipinski definition) is 1. The van der Waals surface area contributed by atoms with Crippen LogP contribution in [0.25, 0.3) is 0 Å². The zero-order chi connectivity index (χ0) is 16.8. The second-order valence-corrected chi connectivity index (χ2v) is 5.37. The summed E-state index contributed by atoms with van der Waals surface area (Å²) in [6.07, 6.45) is 0. The van der Waals surface area contributed by atoms with E-state index in [9.17, 15) is 9.59 Å². The smallest absolute Gasteiger partial charge is 0.323 e. The Morgan fingerprint density at radius 3 is 2.35 bits per heavy atom. The summed E-state index contributed by atoms with van der Waals surface area (Å²) in [6.45, 7) is -0.313. The predicted octanol–water partition coefficient (Wildman–Crippen LogP) is 1.89. The fourth-order valence-corrected chi connectivity index (χ4v) is 2.55. The van der Waals surface area contributed by atoms with Gasteiger partial charge in [-0.15, -0.1) is 11.3 Å². The van der Waals surface area contributed by atoms with Crippen molar-refractivity contribution in [3.05, 3.63) is 40.3 Å². The first-order valence-electron chi connectivity index (χ1n) is 6.64. The first kappa shape index (κ1) is 16.8. The Kier molecular flexibility index (Phi) is 5.53. The van der Waals surface area contributed by atoms with Crippen LogP contribution in [0.15, 0.2) is 29.1 Å². The van der Waals surface area contributed by atoms with E-state index in [2.05, 4.69) is 4.98 Å². The lowest BCUT2D eigenvalue weighted by Crippen LogP contribution is -2.35. The molecule has 0 saturated heterocycles. The van der Waals surface area contributed by atoms with Crippen LogP contribution in [0, 0.1) is 0 Å². The van der Waals surface area contributed by atoms with Crippen LogP contribution in [0.1, 0.15) is 16.1 Å². The Balaban J connectivity index is 2.27. The number of carbonyl (C=O) groups is 2. The van der Waals surface area contributed by atoms with Crippen molar-refractivity contribution in [2.75, 3.05) is 20.8 Å². The number of hydrogen-bond acceptors (Lipinski definition) is 6. The van der Waals surface area contributed by atoms with Gasteiger partial charge in [-0.1, -0.05) is 0 Å². The highest BCUT2D eigenvalue weighted by molar-refractivity contribution is 7.07. The second-order valence-electron chi connectivity index (χ2n) is 4.65. The van der Waals surface area contributed by atoms with E-state index in [0.29, 0.717) is 17.1 Å². The van der Waals surface area contributed by atoms with Crippen molar-refractivity contribution in [2.45, 2.75) is 6.54 Å². The molecule has 1 aromatic heterocycles. The number of aliphatic carboxylic acids is 1. The van der Waals surface area contributed by atoms with Gasteiger partial charge in [0.25, 0.3) is 5.91 Å². The number of aromatic nitrogens is 1. The molecule has 7 nitrogen and oxygen atoms in total. The molecule has 1 aromatic carbocycles. The van der Waals surface area contributed by atoms with Gasteiger partial charge in [0.05, 0.1) is 19.7 Å². The summed E-state index contributed by atoms with van der Waals surface area (Å²) in [6, 6.07) is 5.16. The van der Waals surface area contributed by atoms with E-state index in [4.69, 9.17) is 14.6 Å². The quantitative estimate of drug-likeness (QED) is 0.830. The summed E-state index contributed by atoms with van der Waals surface area (Å²) in [5, 5.41) is 10.6. The molecule has 0 bridgehead atoms. The number of carboxylic acid groups (broad SMARTS) is 1. The van der Waals surface area contributed by atoms with Crippen LogP contribution in [0.3, 0.4) is 0 Å². The van der Waals surface area contributed by atoms with Gasteiger partial charge >= 0.3 is 5.97 Å². The van der Waals surface area contributed by atoms with E-state index in [0.717, 1.165) is 0 Å². The van der Waals surface area contributed by atoms with Crippen molar-refractivity contribution >= 4 is 23.2 Å². The third-order valence-corrected chi connectivity index (χ3v) is 3.64. The number of carboxylic acids is 1. The van der Waals surface area contributed by atoms with Gasteiger partial charge in [0.1, 0.15) is 23.7 Å². The summed E-state index contributed by atoms with van der Waals surface area (Å²) >= 11 is 1.28. The Hall–Kier alpha value is -2.61. The van der Waals surface area contributed by atoms with E-state index in [1.54, 1.807) is 23.6 Å². The molecule has 1 N–H and O–H groups in total. The first-order chi connectivity index (χ1) is 11.0. The Bertz CT molecular complexity index is 665. The van der Waals surface area contributed by atoms with Crippen molar-refractivity contribution in [3.8, 4) is 11.5 Å². The highest BCUT2D eigenvalue weighted by Crippen LogP contribution is 2.23. The molecule has 0 saturated carbocycles. The van der Waals surface area contributed by atoms with Crippen LogP contribution in [0.4, 0.5) is 0 Å². The third kappa shape index (κ3) is 4.43. The number of thiazole rings is 1. The Morgan fingerprint density at radius 1 is 1.22 bits per heavy atom. The third-order valence-electron chi connectivity index (χ3n) is 3.05. The number of rotatable bonds is 7. The fourth-order valence-electron chi connectivity index (χ4n) is 2.02.